The van der Waals surface area contributed by atoms with E-state index in [1.54, 1.807) is 6.07 Å². The molecule has 1 aromatic heterocycles. The molecule has 3 nitrogen and oxygen atoms in total. The molecule has 0 spiro atoms. The van der Waals surface area contributed by atoms with E-state index in [1.807, 2.05) is 27.8 Å². The molecule has 1 aromatic carbocycles. The predicted octanol–water partition coefficient (Wildman–Crippen LogP) is 3.53. The summed E-state index contributed by atoms with van der Waals surface area (Å²) in [6, 6.07) is 4.72. The first-order valence-corrected chi connectivity index (χ1v) is 7.20. The average molecular weight is 287 g/mol. The van der Waals surface area contributed by atoms with Gasteiger partial charge >= 0.3 is 0 Å². The lowest BCUT2D eigenvalue weighted by molar-refractivity contribution is 0.627. The van der Waals surface area contributed by atoms with Crippen LogP contribution in [0.15, 0.2) is 18.2 Å². The molecule has 1 heterocycles. The summed E-state index contributed by atoms with van der Waals surface area (Å²) < 4.78 is 13.5. The second-order valence-corrected chi connectivity index (χ2v) is 5.55. The highest BCUT2D eigenvalue weighted by molar-refractivity contribution is 5.60. The third kappa shape index (κ3) is 3.27. The van der Waals surface area contributed by atoms with Crippen LogP contribution in [0.25, 0.3) is 11.4 Å². The molecule has 0 saturated heterocycles. The van der Waals surface area contributed by atoms with E-state index < -0.39 is 0 Å². The maximum Gasteiger partial charge on any atom is 0.159 e. The normalized spacial score (nSPS) is 12.5. The smallest absolute Gasteiger partial charge is 0.159 e. The van der Waals surface area contributed by atoms with Crippen LogP contribution < -0.4 is 5.32 Å². The first-order valence-electron chi connectivity index (χ1n) is 7.20. The fraction of sp³-hybridized carbons (Fsp3) is 0.412. The molecular formula is C17H22FN3. The molecule has 1 unspecified atom stereocenters. The number of likely N-dealkylation sites (N-methyl/N-ethyl adjacent to an activating group) is 1. The summed E-state index contributed by atoms with van der Waals surface area (Å²) in [7, 11) is 1.94. The molecule has 0 fully saturated rings. The maximum atomic E-state index is 13.5. The lowest BCUT2D eigenvalue weighted by Gasteiger charge is -2.17. The van der Waals surface area contributed by atoms with Crippen molar-refractivity contribution >= 4 is 0 Å². The zero-order chi connectivity index (χ0) is 15.6. The van der Waals surface area contributed by atoms with Gasteiger partial charge in [-0.05, 0) is 57.0 Å². The third-order valence-corrected chi connectivity index (χ3v) is 3.77. The number of aryl methyl sites for hydroxylation is 3. The summed E-state index contributed by atoms with van der Waals surface area (Å²) in [6.07, 6.45) is 0. The summed E-state index contributed by atoms with van der Waals surface area (Å²) in [4.78, 5) is 9.21. The highest BCUT2D eigenvalue weighted by Gasteiger charge is 2.16. The second kappa shape index (κ2) is 6.31. The van der Waals surface area contributed by atoms with Gasteiger partial charge in [-0.1, -0.05) is 13.0 Å². The number of hydrogen-bond acceptors (Lipinski definition) is 3. The van der Waals surface area contributed by atoms with Crippen molar-refractivity contribution in [2.24, 2.45) is 0 Å². The largest absolute Gasteiger partial charge is 0.319 e. The summed E-state index contributed by atoms with van der Waals surface area (Å²) in [5.41, 5.74) is 4.83. The van der Waals surface area contributed by atoms with Crippen molar-refractivity contribution < 1.29 is 4.39 Å². The Kier molecular flexibility index (Phi) is 4.68. The van der Waals surface area contributed by atoms with Crippen molar-refractivity contribution in [2.45, 2.75) is 33.6 Å². The van der Waals surface area contributed by atoms with Crippen molar-refractivity contribution in [3.8, 4) is 11.4 Å². The Hall–Kier alpha value is -1.81. The third-order valence-electron chi connectivity index (χ3n) is 3.77. The van der Waals surface area contributed by atoms with Crippen LogP contribution in [0.2, 0.25) is 0 Å². The van der Waals surface area contributed by atoms with Gasteiger partial charge in [0.25, 0.3) is 0 Å². The number of nitrogens with one attached hydrogen (secondary N) is 1. The quantitative estimate of drug-likeness (QED) is 0.934. The van der Waals surface area contributed by atoms with Gasteiger partial charge in [-0.15, -0.1) is 0 Å². The van der Waals surface area contributed by atoms with Crippen molar-refractivity contribution in [2.75, 3.05) is 13.6 Å². The van der Waals surface area contributed by atoms with E-state index in [4.69, 9.17) is 0 Å². The Bertz CT molecular complexity index is 629. The van der Waals surface area contributed by atoms with E-state index in [-0.39, 0.29) is 5.82 Å². The van der Waals surface area contributed by atoms with Gasteiger partial charge in [0.15, 0.2) is 5.82 Å². The van der Waals surface area contributed by atoms with E-state index in [0.717, 1.165) is 29.1 Å². The van der Waals surface area contributed by atoms with E-state index in [2.05, 4.69) is 22.2 Å². The molecule has 2 rings (SSSR count). The number of hydrogen-bond donors (Lipinski definition) is 1. The van der Waals surface area contributed by atoms with Gasteiger partial charge in [0.1, 0.15) is 5.82 Å². The number of benzene rings is 1. The van der Waals surface area contributed by atoms with Crippen molar-refractivity contribution in [1.82, 2.24) is 15.3 Å². The highest BCUT2D eigenvalue weighted by atomic mass is 19.1. The molecular weight excluding hydrogens is 265 g/mol. The van der Waals surface area contributed by atoms with Crippen LogP contribution in [0.4, 0.5) is 4.39 Å². The minimum atomic E-state index is -0.262. The fourth-order valence-corrected chi connectivity index (χ4v) is 2.80. The van der Waals surface area contributed by atoms with Crippen LogP contribution in [0, 0.1) is 26.6 Å². The lowest BCUT2D eigenvalue weighted by atomic mass is 9.97. The number of halogens is 1. The molecule has 1 atom stereocenters. The van der Waals surface area contributed by atoms with Gasteiger partial charge in [0.2, 0.25) is 0 Å². The lowest BCUT2D eigenvalue weighted by Crippen LogP contribution is -2.17. The van der Waals surface area contributed by atoms with E-state index in [0.29, 0.717) is 11.7 Å². The maximum absolute atomic E-state index is 13.5. The van der Waals surface area contributed by atoms with Gasteiger partial charge in [-0.3, -0.25) is 0 Å². The van der Waals surface area contributed by atoms with E-state index in [9.17, 15) is 4.39 Å². The average Bonchev–Trinajstić information content (AvgIpc) is 2.41. The van der Waals surface area contributed by atoms with Crippen LogP contribution >= 0.6 is 0 Å². The minimum Gasteiger partial charge on any atom is -0.319 e. The molecule has 1 N–H and O–H groups in total. The van der Waals surface area contributed by atoms with Gasteiger partial charge < -0.3 is 5.32 Å². The molecule has 4 heteroatoms. The SMILES string of the molecule is CNCC(C)c1c(C)nc(-c2cc(F)ccc2C)nc1C. The van der Waals surface area contributed by atoms with Crippen LogP contribution in [0.5, 0.6) is 0 Å². The minimum absolute atomic E-state index is 0.262. The zero-order valence-corrected chi connectivity index (χ0v) is 13.3. The first kappa shape index (κ1) is 15.6. The summed E-state index contributed by atoms with van der Waals surface area (Å²) in [5, 5.41) is 3.18. The highest BCUT2D eigenvalue weighted by Crippen LogP contribution is 2.26. The van der Waals surface area contributed by atoms with Crippen LogP contribution in [0.1, 0.15) is 35.4 Å². The Labute approximate surface area is 125 Å². The molecule has 0 aliphatic rings. The summed E-state index contributed by atoms with van der Waals surface area (Å²) >= 11 is 0. The number of nitrogens with zero attached hydrogens (tertiary/aromatic N) is 2. The summed E-state index contributed by atoms with van der Waals surface area (Å²) in [6.45, 7) is 8.97. The second-order valence-electron chi connectivity index (χ2n) is 5.55. The Morgan fingerprint density at radius 3 is 2.33 bits per heavy atom. The Morgan fingerprint density at radius 1 is 1.14 bits per heavy atom. The van der Waals surface area contributed by atoms with Gasteiger partial charge in [0.05, 0.1) is 0 Å². The molecule has 21 heavy (non-hydrogen) atoms. The van der Waals surface area contributed by atoms with Gasteiger partial charge in [-0.25, -0.2) is 14.4 Å². The monoisotopic (exact) mass is 287 g/mol. The van der Waals surface area contributed by atoms with E-state index >= 15 is 0 Å². The molecule has 0 aliphatic heterocycles. The van der Waals surface area contributed by atoms with Gasteiger partial charge in [-0.2, -0.15) is 0 Å². The molecule has 112 valence electrons. The molecule has 0 saturated carbocycles. The van der Waals surface area contributed by atoms with E-state index in [1.165, 1.54) is 17.7 Å². The topological polar surface area (TPSA) is 37.8 Å². The number of rotatable bonds is 4. The molecule has 2 aromatic rings. The summed E-state index contributed by atoms with van der Waals surface area (Å²) in [5.74, 6) is 0.683. The molecule has 0 amide bonds. The van der Waals surface area contributed by atoms with Crippen molar-refractivity contribution in [1.29, 1.82) is 0 Å². The molecule has 0 aliphatic carbocycles. The first-order chi connectivity index (χ1) is 9.93. The Morgan fingerprint density at radius 2 is 1.76 bits per heavy atom. The molecule has 0 bridgehead atoms. The van der Waals surface area contributed by atoms with Gasteiger partial charge in [0, 0.05) is 23.5 Å². The number of aromatic nitrogens is 2. The zero-order valence-electron chi connectivity index (χ0n) is 13.3. The van der Waals surface area contributed by atoms with Crippen LogP contribution in [-0.4, -0.2) is 23.6 Å². The van der Waals surface area contributed by atoms with Crippen LogP contribution in [0.3, 0.4) is 0 Å². The Balaban J connectivity index is 2.51. The standard InChI is InChI=1S/C17H22FN3/c1-10-6-7-14(18)8-15(10)17-20-12(3)16(13(4)21-17)11(2)9-19-5/h6-8,11,19H,9H2,1-5H3. The fourth-order valence-electron chi connectivity index (χ4n) is 2.80. The van der Waals surface area contributed by atoms with Crippen LogP contribution in [-0.2, 0) is 0 Å². The molecule has 0 radical (unpaired) electrons. The predicted molar refractivity (Wildman–Crippen MR) is 84.0 cm³/mol. The van der Waals surface area contributed by atoms with Crippen molar-refractivity contribution in [3.63, 3.8) is 0 Å². The van der Waals surface area contributed by atoms with Crippen molar-refractivity contribution in [3.05, 3.63) is 46.5 Å².